The van der Waals surface area contributed by atoms with Gasteiger partial charge in [0.15, 0.2) is 12.0 Å². The third-order valence-corrected chi connectivity index (χ3v) is 2.89. The Bertz CT molecular complexity index is 724. The van der Waals surface area contributed by atoms with Crippen LogP contribution in [0.2, 0.25) is 0 Å². The second-order valence-electron chi connectivity index (χ2n) is 4.24. The van der Waals surface area contributed by atoms with Crippen LogP contribution in [0.4, 0.5) is 15.8 Å². The Labute approximate surface area is 109 Å². The summed E-state index contributed by atoms with van der Waals surface area (Å²) in [6, 6.07) is 10.1. The van der Waals surface area contributed by atoms with Crippen molar-refractivity contribution in [1.29, 1.82) is 0 Å². The number of rotatable bonds is 3. The molecule has 3 rings (SSSR count). The van der Waals surface area contributed by atoms with Crippen molar-refractivity contribution in [1.82, 2.24) is 4.98 Å². The van der Waals surface area contributed by atoms with E-state index in [2.05, 4.69) is 10.3 Å². The van der Waals surface area contributed by atoms with Crippen molar-refractivity contribution in [3.63, 3.8) is 0 Å². The second-order valence-corrected chi connectivity index (χ2v) is 4.24. The summed E-state index contributed by atoms with van der Waals surface area (Å²) in [4.78, 5) is 4.05. The summed E-state index contributed by atoms with van der Waals surface area (Å²) in [7, 11) is 0. The van der Waals surface area contributed by atoms with Crippen molar-refractivity contribution in [2.45, 2.75) is 6.54 Å². The van der Waals surface area contributed by atoms with Gasteiger partial charge in [-0.1, -0.05) is 6.07 Å². The van der Waals surface area contributed by atoms with E-state index in [1.165, 1.54) is 18.5 Å². The van der Waals surface area contributed by atoms with Crippen LogP contribution >= 0.6 is 0 Å². The number of nitrogens with two attached hydrogens (primary N) is 1. The molecular formula is C14H12FN3O. The van der Waals surface area contributed by atoms with Crippen molar-refractivity contribution < 1.29 is 8.81 Å². The zero-order valence-corrected chi connectivity index (χ0v) is 10.1. The molecule has 1 aromatic heterocycles. The number of anilines is 2. The topological polar surface area (TPSA) is 64.1 Å². The van der Waals surface area contributed by atoms with Gasteiger partial charge in [0.1, 0.15) is 11.3 Å². The molecule has 3 aromatic rings. The largest absolute Gasteiger partial charge is 0.443 e. The van der Waals surface area contributed by atoms with Gasteiger partial charge in [-0.3, -0.25) is 0 Å². The summed E-state index contributed by atoms with van der Waals surface area (Å²) in [6.45, 7) is 0.576. The lowest BCUT2D eigenvalue weighted by atomic mass is 10.2. The highest BCUT2D eigenvalue weighted by molar-refractivity contribution is 5.73. The average Bonchev–Trinajstić information content (AvgIpc) is 2.85. The van der Waals surface area contributed by atoms with Crippen LogP contribution in [0.1, 0.15) is 5.56 Å². The molecular weight excluding hydrogens is 245 g/mol. The lowest BCUT2D eigenvalue weighted by Gasteiger charge is -2.09. The molecule has 2 aromatic carbocycles. The summed E-state index contributed by atoms with van der Waals surface area (Å²) < 4.78 is 18.2. The molecule has 0 saturated carbocycles. The van der Waals surface area contributed by atoms with Crippen molar-refractivity contribution in [2.75, 3.05) is 11.1 Å². The molecule has 3 N–H and O–H groups in total. The van der Waals surface area contributed by atoms with Gasteiger partial charge in [-0.25, -0.2) is 9.37 Å². The minimum atomic E-state index is -0.342. The molecule has 4 nitrogen and oxygen atoms in total. The van der Waals surface area contributed by atoms with E-state index >= 15 is 0 Å². The first kappa shape index (κ1) is 11.5. The summed E-state index contributed by atoms with van der Waals surface area (Å²) in [5.41, 5.74) is 9.43. The van der Waals surface area contributed by atoms with Gasteiger partial charge in [0.05, 0.1) is 11.4 Å². The van der Waals surface area contributed by atoms with Crippen molar-refractivity contribution in [3.8, 4) is 0 Å². The maximum atomic E-state index is 12.9. The van der Waals surface area contributed by atoms with Crippen LogP contribution in [0.5, 0.6) is 0 Å². The van der Waals surface area contributed by atoms with Gasteiger partial charge in [-0.05, 0) is 35.9 Å². The van der Waals surface area contributed by atoms with Gasteiger partial charge >= 0.3 is 0 Å². The van der Waals surface area contributed by atoms with E-state index in [9.17, 15) is 4.39 Å². The smallest absolute Gasteiger partial charge is 0.181 e. The minimum Gasteiger partial charge on any atom is -0.443 e. The third kappa shape index (κ3) is 2.35. The Balaban J connectivity index is 1.77. The van der Waals surface area contributed by atoms with E-state index in [-0.39, 0.29) is 5.82 Å². The Morgan fingerprint density at radius 3 is 2.95 bits per heavy atom. The molecule has 0 bridgehead atoms. The predicted octanol–water partition coefficient (Wildman–Crippen LogP) is 3.16. The number of benzene rings is 2. The number of nitrogens with one attached hydrogen (secondary N) is 1. The Hall–Kier alpha value is -2.56. The van der Waals surface area contributed by atoms with Crippen LogP contribution in [0.25, 0.3) is 11.1 Å². The standard InChI is InChI=1S/C14H12FN3O/c15-10-2-4-12(11(16)6-10)17-7-9-1-3-13-14(5-9)19-8-18-13/h1-6,8,17H,7,16H2. The summed E-state index contributed by atoms with van der Waals surface area (Å²) in [5.74, 6) is -0.342. The monoisotopic (exact) mass is 257 g/mol. The van der Waals surface area contributed by atoms with Crippen LogP contribution in [-0.2, 0) is 6.54 Å². The van der Waals surface area contributed by atoms with Crippen LogP contribution < -0.4 is 11.1 Å². The molecule has 0 saturated heterocycles. The zero-order chi connectivity index (χ0) is 13.2. The van der Waals surface area contributed by atoms with Crippen molar-refractivity contribution in [3.05, 3.63) is 54.2 Å². The first-order valence-corrected chi connectivity index (χ1v) is 5.83. The molecule has 0 fully saturated rings. The van der Waals surface area contributed by atoms with E-state index < -0.39 is 0 Å². The van der Waals surface area contributed by atoms with Gasteiger partial charge in [-0.2, -0.15) is 0 Å². The van der Waals surface area contributed by atoms with Gasteiger partial charge in [-0.15, -0.1) is 0 Å². The lowest BCUT2D eigenvalue weighted by Crippen LogP contribution is -2.02. The molecule has 96 valence electrons. The van der Waals surface area contributed by atoms with Gasteiger partial charge < -0.3 is 15.5 Å². The maximum absolute atomic E-state index is 12.9. The first-order chi connectivity index (χ1) is 9.22. The van der Waals surface area contributed by atoms with E-state index in [4.69, 9.17) is 10.2 Å². The van der Waals surface area contributed by atoms with Crippen molar-refractivity contribution >= 4 is 22.5 Å². The number of fused-ring (bicyclic) bond motifs is 1. The van der Waals surface area contributed by atoms with Gasteiger partial charge in [0.2, 0.25) is 0 Å². The molecule has 0 amide bonds. The minimum absolute atomic E-state index is 0.342. The van der Waals surface area contributed by atoms with Crippen LogP contribution in [-0.4, -0.2) is 4.98 Å². The fourth-order valence-electron chi connectivity index (χ4n) is 1.90. The number of hydrogen-bond acceptors (Lipinski definition) is 4. The molecule has 1 heterocycles. The van der Waals surface area contributed by atoms with E-state index in [1.54, 1.807) is 6.07 Å². The molecule has 0 aliphatic heterocycles. The van der Waals surface area contributed by atoms with Gasteiger partial charge in [0.25, 0.3) is 0 Å². The summed E-state index contributed by atoms with van der Waals surface area (Å²) in [6.07, 6.45) is 1.42. The third-order valence-electron chi connectivity index (χ3n) is 2.89. The Morgan fingerprint density at radius 2 is 2.11 bits per heavy atom. The molecule has 0 spiro atoms. The van der Waals surface area contributed by atoms with E-state index in [1.807, 2.05) is 18.2 Å². The van der Waals surface area contributed by atoms with E-state index in [0.717, 1.165) is 16.7 Å². The molecule has 0 aliphatic rings. The average molecular weight is 257 g/mol. The zero-order valence-electron chi connectivity index (χ0n) is 10.1. The highest BCUT2D eigenvalue weighted by Crippen LogP contribution is 2.21. The first-order valence-electron chi connectivity index (χ1n) is 5.83. The lowest BCUT2D eigenvalue weighted by molar-refractivity contribution is 0.602. The predicted molar refractivity (Wildman–Crippen MR) is 72.1 cm³/mol. The Kier molecular flexibility index (Phi) is 2.79. The number of nitrogen functional groups attached to an aromatic ring is 1. The molecule has 19 heavy (non-hydrogen) atoms. The fraction of sp³-hybridized carbons (Fsp3) is 0.0714. The van der Waals surface area contributed by atoms with E-state index in [0.29, 0.717) is 17.9 Å². The molecule has 5 heteroatoms. The number of oxazole rings is 1. The molecule has 0 radical (unpaired) electrons. The number of halogens is 1. The highest BCUT2D eigenvalue weighted by Gasteiger charge is 2.03. The summed E-state index contributed by atoms with van der Waals surface area (Å²) >= 11 is 0. The quantitative estimate of drug-likeness (QED) is 0.707. The second kappa shape index (κ2) is 4.61. The highest BCUT2D eigenvalue weighted by atomic mass is 19.1. The van der Waals surface area contributed by atoms with Crippen LogP contribution in [0, 0.1) is 5.82 Å². The maximum Gasteiger partial charge on any atom is 0.181 e. The normalized spacial score (nSPS) is 10.8. The number of hydrogen-bond donors (Lipinski definition) is 2. The fourth-order valence-corrected chi connectivity index (χ4v) is 1.90. The molecule has 0 aliphatic carbocycles. The Morgan fingerprint density at radius 1 is 1.21 bits per heavy atom. The van der Waals surface area contributed by atoms with Crippen LogP contribution in [0.3, 0.4) is 0 Å². The van der Waals surface area contributed by atoms with Crippen LogP contribution in [0.15, 0.2) is 47.2 Å². The SMILES string of the molecule is Nc1cc(F)ccc1NCc1ccc2ncoc2c1. The summed E-state index contributed by atoms with van der Waals surface area (Å²) in [5, 5.41) is 3.16. The van der Waals surface area contributed by atoms with Gasteiger partial charge in [0, 0.05) is 6.54 Å². The molecule has 0 atom stereocenters. The number of aromatic nitrogens is 1. The molecule has 0 unspecified atom stereocenters. The van der Waals surface area contributed by atoms with Crippen molar-refractivity contribution in [2.24, 2.45) is 0 Å². The number of nitrogens with zero attached hydrogens (tertiary/aromatic N) is 1.